The molecule has 2 amide bonds. The van der Waals surface area contributed by atoms with Gasteiger partial charge in [-0.2, -0.15) is 0 Å². The van der Waals surface area contributed by atoms with Gasteiger partial charge in [-0.25, -0.2) is 9.59 Å². The molecule has 0 heterocycles. The van der Waals surface area contributed by atoms with Crippen molar-refractivity contribution in [3.05, 3.63) is 106 Å². The first-order valence-electron chi connectivity index (χ1n) is 11.9. The van der Waals surface area contributed by atoms with Crippen LogP contribution in [0.25, 0.3) is 0 Å². The van der Waals surface area contributed by atoms with Crippen molar-refractivity contribution in [3.63, 3.8) is 0 Å². The second-order valence-electron chi connectivity index (χ2n) is 10.0. The Morgan fingerprint density at radius 1 is 0.737 bits per heavy atom. The predicted octanol–water partition coefficient (Wildman–Crippen LogP) is 8.49. The minimum atomic E-state index is -0.549. The fourth-order valence-corrected chi connectivity index (χ4v) is 3.48. The average Bonchev–Trinajstić information content (AvgIpc) is 2.77. The first kappa shape index (κ1) is 32.6. The molecule has 6 nitrogen and oxygen atoms in total. The third-order valence-corrected chi connectivity index (χ3v) is 5.08. The number of alkyl carbamates (subject to hydrolysis) is 2. The van der Waals surface area contributed by atoms with Gasteiger partial charge in [0.1, 0.15) is 11.2 Å². The van der Waals surface area contributed by atoms with E-state index in [2.05, 4.69) is 35.3 Å². The molecule has 0 unspecified atom stereocenters. The predicted molar refractivity (Wildman–Crippen MR) is 155 cm³/mol. The zero-order chi connectivity index (χ0) is 28.9. The Balaban J connectivity index is 0.000000380. The number of halogens is 2. The van der Waals surface area contributed by atoms with E-state index in [1.54, 1.807) is 65.8 Å². The summed E-state index contributed by atoms with van der Waals surface area (Å²) in [5.41, 5.74) is 5.76. The SMILES string of the molecule is C=C=C[C@@H](NC(=O)OC(C)(C)C)c1ccccc1Cl.C=C=C[C@@H](NC(=O)OC(C)(C)C)c1ccccc1Cl. The Labute approximate surface area is 236 Å². The highest BCUT2D eigenvalue weighted by Gasteiger charge is 2.21. The largest absolute Gasteiger partial charge is 0.444 e. The molecule has 0 spiro atoms. The molecule has 2 N–H and O–H groups in total. The minimum absolute atomic E-state index is 0.416. The lowest BCUT2D eigenvalue weighted by Gasteiger charge is -2.22. The summed E-state index contributed by atoms with van der Waals surface area (Å²) in [6.07, 6.45) is 2.24. The maximum Gasteiger partial charge on any atom is 0.408 e. The molecule has 38 heavy (non-hydrogen) atoms. The van der Waals surface area contributed by atoms with E-state index < -0.39 is 35.5 Å². The molecule has 0 aliphatic rings. The zero-order valence-electron chi connectivity index (χ0n) is 22.7. The number of carbonyl (C=O) groups excluding carboxylic acids is 2. The van der Waals surface area contributed by atoms with Gasteiger partial charge in [0.25, 0.3) is 0 Å². The molecule has 2 rings (SSSR count). The summed E-state index contributed by atoms with van der Waals surface area (Å²) in [7, 11) is 0. The van der Waals surface area contributed by atoms with E-state index in [4.69, 9.17) is 32.7 Å². The lowest BCUT2D eigenvalue weighted by Crippen LogP contribution is -2.34. The van der Waals surface area contributed by atoms with Gasteiger partial charge in [-0.1, -0.05) is 72.8 Å². The summed E-state index contributed by atoms with van der Waals surface area (Å²) in [6.45, 7) is 17.9. The van der Waals surface area contributed by atoms with E-state index in [1.165, 1.54) is 0 Å². The van der Waals surface area contributed by atoms with Crippen LogP contribution < -0.4 is 10.6 Å². The molecular formula is C30H36Cl2N2O4. The highest BCUT2D eigenvalue weighted by atomic mass is 35.5. The number of hydrogen-bond acceptors (Lipinski definition) is 4. The summed E-state index contributed by atoms with van der Waals surface area (Å²) in [4.78, 5) is 23.6. The standard InChI is InChI=1S/2C15H18ClNO2/c2*1-5-8-13(11-9-6-7-10-12(11)16)17-14(18)19-15(2,3)4/h2*6-10,13H,1H2,2-4H3,(H,17,18)/t2*13-/m11/s1. The van der Waals surface area contributed by atoms with Gasteiger partial charge in [0.05, 0.1) is 12.1 Å². The van der Waals surface area contributed by atoms with Gasteiger partial charge in [-0.3, -0.25) is 0 Å². The summed E-state index contributed by atoms with van der Waals surface area (Å²) >= 11 is 12.2. The summed E-state index contributed by atoms with van der Waals surface area (Å²) in [5, 5.41) is 6.59. The summed E-state index contributed by atoms with van der Waals surface area (Å²) in [5.74, 6) is 0. The molecule has 0 saturated heterocycles. The van der Waals surface area contributed by atoms with Gasteiger partial charge < -0.3 is 20.1 Å². The van der Waals surface area contributed by atoms with Gasteiger partial charge in [0.15, 0.2) is 0 Å². The Kier molecular flexibility index (Phi) is 13.0. The second kappa shape index (κ2) is 15.1. The van der Waals surface area contributed by atoms with Crippen LogP contribution in [0.4, 0.5) is 9.59 Å². The number of nitrogens with one attached hydrogen (secondary N) is 2. The third kappa shape index (κ3) is 12.7. The van der Waals surface area contributed by atoms with Crippen molar-refractivity contribution in [3.8, 4) is 0 Å². The van der Waals surface area contributed by atoms with Crippen molar-refractivity contribution in [2.75, 3.05) is 0 Å². The zero-order valence-corrected chi connectivity index (χ0v) is 24.2. The number of amides is 2. The molecule has 0 bridgehead atoms. The molecule has 0 aliphatic heterocycles. The molecule has 0 aromatic heterocycles. The molecule has 0 saturated carbocycles. The first-order chi connectivity index (χ1) is 17.7. The van der Waals surface area contributed by atoms with E-state index in [0.717, 1.165) is 11.1 Å². The van der Waals surface area contributed by atoms with Crippen molar-refractivity contribution in [1.82, 2.24) is 10.6 Å². The van der Waals surface area contributed by atoms with Crippen LogP contribution in [0.1, 0.15) is 64.8 Å². The molecule has 2 aromatic carbocycles. The van der Waals surface area contributed by atoms with E-state index in [0.29, 0.717) is 10.0 Å². The molecule has 8 heteroatoms. The molecular weight excluding hydrogens is 523 g/mol. The number of carbonyl (C=O) groups is 2. The van der Waals surface area contributed by atoms with Crippen molar-refractivity contribution in [2.45, 2.75) is 64.8 Å². The first-order valence-corrected chi connectivity index (χ1v) is 12.6. The Bertz CT molecular complexity index is 1090. The quantitative estimate of drug-likeness (QED) is 0.348. The maximum absolute atomic E-state index is 11.8. The molecule has 0 aliphatic carbocycles. The molecule has 204 valence electrons. The van der Waals surface area contributed by atoms with Crippen LogP contribution in [-0.2, 0) is 9.47 Å². The van der Waals surface area contributed by atoms with Crippen LogP contribution in [0.15, 0.2) is 85.3 Å². The maximum atomic E-state index is 11.8. The van der Waals surface area contributed by atoms with E-state index in [9.17, 15) is 9.59 Å². The van der Waals surface area contributed by atoms with Crippen molar-refractivity contribution >= 4 is 35.4 Å². The summed E-state index contributed by atoms with van der Waals surface area (Å²) < 4.78 is 10.4. The molecule has 2 aromatic rings. The van der Waals surface area contributed by atoms with Gasteiger partial charge in [0, 0.05) is 10.0 Å². The Hall–Kier alpha value is -3.40. The molecule has 0 radical (unpaired) electrons. The normalized spacial score (nSPS) is 12.2. The molecule has 0 fully saturated rings. The fourth-order valence-electron chi connectivity index (χ4n) is 2.98. The third-order valence-electron chi connectivity index (χ3n) is 4.39. The van der Waals surface area contributed by atoms with Crippen LogP contribution >= 0.6 is 23.2 Å². The van der Waals surface area contributed by atoms with Crippen LogP contribution in [0.3, 0.4) is 0 Å². The highest BCUT2D eigenvalue weighted by molar-refractivity contribution is 6.31. The number of ether oxygens (including phenoxy) is 2. The lowest BCUT2D eigenvalue weighted by molar-refractivity contribution is 0.0502. The van der Waals surface area contributed by atoms with Crippen LogP contribution in [0.5, 0.6) is 0 Å². The lowest BCUT2D eigenvalue weighted by atomic mass is 10.1. The van der Waals surface area contributed by atoms with E-state index in [-0.39, 0.29) is 0 Å². The number of rotatable bonds is 6. The number of hydrogen-bond donors (Lipinski definition) is 2. The van der Waals surface area contributed by atoms with Crippen molar-refractivity contribution < 1.29 is 19.1 Å². The topological polar surface area (TPSA) is 76.7 Å². The Morgan fingerprint density at radius 3 is 1.32 bits per heavy atom. The van der Waals surface area contributed by atoms with Crippen LogP contribution in [0, 0.1) is 0 Å². The second-order valence-corrected chi connectivity index (χ2v) is 10.8. The van der Waals surface area contributed by atoms with E-state index >= 15 is 0 Å². The van der Waals surface area contributed by atoms with Crippen molar-refractivity contribution in [1.29, 1.82) is 0 Å². The smallest absolute Gasteiger partial charge is 0.408 e. The monoisotopic (exact) mass is 558 g/mol. The van der Waals surface area contributed by atoms with Gasteiger partial charge >= 0.3 is 12.2 Å². The Morgan fingerprint density at radius 2 is 1.05 bits per heavy atom. The highest BCUT2D eigenvalue weighted by Crippen LogP contribution is 2.25. The van der Waals surface area contributed by atoms with Crippen LogP contribution in [-0.4, -0.2) is 23.4 Å². The fraction of sp³-hybridized carbons (Fsp3) is 0.333. The van der Waals surface area contributed by atoms with Gasteiger partial charge in [-0.15, -0.1) is 11.5 Å². The van der Waals surface area contributed by atoms with Gasteiger partial charge in [-0.05, 0) is 77.0 Å². The molecule has 2 atom stereocenters. The van der Waals surface area contributed by atoms with E-state index in [1.807, 2.05) is 36.4 Å². The van der Waals surface area contributed by atoms with Gasteiger partial charge in [0.2, 0.25) is 0 Å². The summed E-state index contributed by atoms with van der Waals surface area (Å²) in [6, 6.07) is 13.7. The average molecular weight is 560 g/mol. The van der Waals surface area contributed by atoms with Crippen LogP contribution in [0.2, 0.25) is 10.0 Å². The number of benzene rings is 2. The van der Waals surface area contributed by atoms with Crippen molar-refractivity contribution in [2.24, 2.45) is 0 Å². The minimum Gasteiger partial charge on any atom is -0.444 e.